The van der Waals surface area contributed by atoms with Gasteiger partial charge in [0.2, 0.25) is 0 Å². The molecule has 0 saturated heterocycles. The summed E-state index contributed by atoms with van der Waals surface area (Å²) in [5.41, 5.74) is 2.25. The molecule has 2 aromatic rings. The molecule has 25 heavy (non-hydrogen) atoms. The fourth-order valence-corrected chi connectivity index (χ4v) is 2.93. The van der Waals surface area contributed by atoms with Crippen molar-refractivity contribution < 1.29 is 4.74 Å². The molecule has 0 fully saturated rings. The summed E-state index contributed by atoms with van der Waals surface area (Å²) in [6, 6.07) is 8.15. The van der Waals surface area contributed by atoms with Gasteiger partial charge in [-0.2, -0.15) is 0 Å². The molecule has 7 heteroatoms. The van der Waals surface area contributed by atoms with Crippen LogP contribution in [0.1, 0.15) is 30.1 Å². The van der Waals surface area contributed by atoms with E-state index < -0.39 is 0 Å². The number of rotatable bonds is 6. The molecule has 0 atom stereocenters. The second kappa shape index (κ2) is 10.6. The molecule has 2 rings (SSSR count). The van der Waals surface area contributed by atoms with Crippen LogP contribution in [0.5, 0.6) is 5.75 Å². The van der Waals surface area contributed by atoms with E-state index in [9.17, 15) is 0 Å². The van der Waals surface area contributed by atoms with Gasteiger partial charge in [-0.1, -0.05) is 12.1 Å². The molecule has 0 amide bonds. The van der Waals surface area contributed by atoms with Crippen LogP contribution in [-0.4, -0.2) is 36.0 Å². The van der Waals surface area contributed by atoms with Crippen LogP contribution >= 0.6 is 35.3 Å². The molecule has 1 aromatic carbocycles. The Labute approximate surface area is 171 Å². The zero-order chi connectivity index (χ0) is 17.5. The van der Waals surface area contributed by atoms with Crippen molar-refractivity contribution >= 4 is 41.3 Å². The topological polar surface area (TPSA) is 49.8 Å². The smallest absolute Gasteiger partial charge is 0.194 e. The van der Waals surface area contributed by atoms with Gasteiger partial charge in [0, 0.05) is 26.0 Å². The highest BCUT2D eigenvalue weighted by Gasteiger charge is 2.08. The molecule has 0 saturated carbocycles. The third-order valence-corrected chi connectivity index (χ3v) is 4.21. The molecule has 1 aromatic heterocycles. The Morgan fingerprint density at radius 3 is 2.52 bits per heavy atom. The van der Waals surface area contributed by atoms with Gasteiger partial charge in [-0.15, -0.1) is 35.3 Å². The minimum absolute atomic E-state index is 0. The van der Waals surface area contributed by atoms with Crippen molar-refractivity contribution in [2.75, 3.05) is 14.1 Å². The predicted molar refractivity (Wildman–Crippen MR) is 116 cm³/mol. The summed E-state index contributed by atoms with van der Waals surface area (Å²) < 4.78 is 5.66. The van der Waals surface area contributed by atoms with E-state index in [0.717, 1.165) is 35.5 Å². The van der Waals surface area contributed by atoms with E-state index in [1.807, 2.05) is 40.0 Å². The Kier molecular flexibility index (Phi) is 9.20. The average molecular weight is 474 g/mol. The molecule has 0 aliphatic heterocycles. The van der Waals surface area contributed by atoms with E-state index in [2.05, 4.69) is 37.7 Å². The van der Waals surface area contributed by atoms with Gasteiger partial charge in [-0.3, -0.25) is 4.99 Å². The quantitative estimate of drug-likeness (QED) is 0.390. The maximum Gasteiger partial charge on any atom is 0.194 e. The van der Waals surface area contributed by atoms with Crippen molar-refractivity contribution in [2.24, 2.45) is 4.99 Å². The summed E-state index contributed by atoms with van der Waals surface area (Å²) in [6.45, 7) is 7.53. The zero-order valence-corrected chi connectivity index (χ0v) is 18.6. The van der Waals surface area contributed by atoms with Gasteiger partial charge in [0.25, 0.3) is 0 Å². The van der Waals surface area contributed by atoms with E-state index in [-0.39, 0.29) is 30.1 Å². The summed E-state index contributed by atoms with van der Waals surface area (Å²) in [4.78, 5) is 10.9. The van der Waals surface area contributed by atoms with Gasteiger partial charge in [0.15, 0.2) is 5.96 Å². The minimum Gasteiger partial charge on any atom is -0.491 e. The molecule has 0 spiro atoms. The van der Waals surface area contributed by atoms with E-state index in [4.69, 9.17) is 4.74 Å². The van der Waals surface area contributed by atoms with Crippen LogP contribution in [0.3, 0.4) is 0 Å². The lowest BCUT2D eigenvalue weighted by molar-refractivity contribution is 0.242. The number of hydrogen-bond acceptors (Lipinski definition) is 4. The van der Waals surface area contributed by atoms with Crippen molar-refractivity contribution in [1.29, 1.82) is 0 Å². The number of nitrogens with one attached hydrogen (secondary N) is 1. The zero-order valence-electron chi connectivity index (χ0n) is 15.4. The first-order valence-electron chi connectivity index (χ1n) is 8.06. The van der Waals surface area contributed by atoms with E-state index >= 15 is 0 Å². The number of halogens is 1. The number of ether oxygens (including phenoxy) is 1. The number of aryl methyl sites for hydroxylation is 1. The molecule has 1 heterocycles. The van der Waals surface area contributed by atoms with Crippen molar-refractivity contribution in [3.05, 3.63) is 45.9 Å². The normalized spacial score (nSPS) is 11.2. The predicted octanol–water partition coefficient (Wildman–Crippen LogP) is 4.06. The molecular weight excluding hydrogens is 447 g/mol. The maximum atomic E-state index is 5.66. The molecular formula is C18H27IN4OS. The molecule has 0 radical (unpaired) electrons. The Morgan fingerprint density at radius 1 is 1.32 bits per heavy atom. The van der Waals surface area contributed by atoms with Gasteiger partial charge in [-0.05, 0) is 38.5 Å². The highest BCUT2D eigenvalue weighted by molar-refractivity contribution is 14.0. The Hall–Kier alpha value is -1.35. The summed E-state index contributed by atoms with van der Waals surface area (Å²) >= 11 is 1.67. The van der Waals surface area contributed by atoms with Crippen LogP contribution in [-0.2, 0) is 13.1 Å². The lowest BCUT2D eigenvalue weighted by Crippen LogP contribution is -2.38. The first-order valence-corrected chi connectivity index (χ1v) is 8.94. The van der Waals surface area contributed by atoms with Crippen molar-refractivity contribution in [3.63, 3.8) is 0 Å². The second-order valence-electron chi connectivity index (χ2n) is 5.93. The van der Waals surface area contributed by atoms with Crippen LogP contribution in [0.15, 0.2) is 34.6 Å². The fourth-order valence-electron chi connectivity index (χ4n) is 2.32. The molecule has 5 nitrogen and oxygen atoms in total. The number of nitrogens with zero attached hydrogens (tertiary/aromatic N) is 3. The molecule has 1 N–H and O–H groups in total. The first-order chi connectivity index (χ1) is 11.5. The molecule has 138 valence electrons. The Balaban J connectivity index is 0.00000312. The summed E-state index contributed by atoms with van der Waals surface area (Å²) in [5.74, 6) is 1.75. The summed E-state index contributed by atoms with van der Waals surface area (Å²) in [6.07, 6.45) is 0.191. The van der Waals surface area contributed by atoms with Gasteiger partial charge < -0.3 is 15.0 Å². The number of aromatic nitrogens is 1. The second-order valence-corrected chi connectivity index (χ2v) is 6.99. The minimum atomic E-state index is 0. The maximum absolute atomic E-state index is 5.66. The average Bonchev–Trinajstić information content (AvgIpc) is 2.94. The highest BCUT2D eigenvalue weighted by atomic mass is 127. The third-order valence-electron chi connectivity index (χ3n) is 3.38. The molecule has 0 aliphatic rings. The molecule has 0 unspecified atom stereocenters. The van der Waals surface area contributed by atoms with Crippen molar-refractivity contribution in [1.82, 2.24) is 15.2 Å². The monoisotopic (exact) mass is 474 g/mol. The number of benzene rings is 1. The van der Waals surface area contributed by atoms with Crippen LogP contribution in [0.4, 0.5) is 0 Å². The van der Waals surface area contributed by atoms with Gasteiger partial charge in [0.1, 0.15) is 5.75 Å². The highest BCUT2D eigenvalue weighted by Crippen LogP contribution is 2.14. The van der Waals surface area contributed by atoms with Gasteiger partial charge in [0.05, 0.1) is 23.4 Å². The third kappa shape index (κ3) is 7.19. The van der Waals surface area contributed by atoms with Crippen molar-refractivity contribution in [2.45, 2.75) is 40.0 Å². The number of thiazole rings is 1. The van der Waals surface area contributed by atoms with Gasteiger partial charge in [-0.25, -0.2) is 4.98 Å². The van der Waals surface area contributed by atoms with Crippen LogP contribution in [0.25, 0.3) is 0 Å². The van der Waals surface area contributed by atoms with Crippen LogP contribution in [0, 0.1) is 6.92 Å². The first kappa shape index (κ1) is 21.7. The van der Waals surface area contributed by atoms with Crippen LogP contribution in [0.2, 0.25) is 0 Å². The largest absolute Gasteiger partial charge is 0.491 e. The molecule has 0 bridgehead atoms. The van der Waals surface area contributed by atoms with Crippen molar-refractivity contribution in [3.8, 4) is 5.75 Å². The number of hydrogen-bond donors (Lipinski definition) is 1. The molecule has 0 aliphatic carbocycles. The van der Waals surface area contributed by atoms with E-state index in [1.54, 1.807) is 18.4 Å². The lowest BCUT2D eigenvalue weighted by atomic mass is 10.2. The van der Waals surface area contributed by atoms with E-state index in [1.165, 1.54) is 5.56 Å². The van der Waals surface area contributed by atoms with Gasteiger partial charge >= 0.3 is 0 Å². The number of aliphatic imine (C=N–C) groups is 1. The Bertz CT molecular complexity index is 670. The number of guanidine groups is 1. The lowest BCUT2D eigenvalue weighted by Gasteiger charge is -2.21. The SMILES string of the molecule is CN=C(NCc1ccc(OC(C)C)cc1)N(C)Cc1csc(C)n1.I. The van der Waals surface area contributed by atoms with E-state index in [0.29, 0.717) is 0 Å². The Morgan fingerprint density at radius 2 is 2.00 bits per heavy atom. The standard InChI is InChI=1S/C18H26N4OS.HI/c1-13(2)23-17-8-6-15(7-9-17)10-20-18(19-4)22(5)11-16-12-24-14(3)21-16;/h6-9,12-13H,10-11H2,1-5H3,(H,19,20);1H. The summed E-state index contributed by atoms with van der Waals surface area (Å²) in [5, 5.41) is 6.56. The summed E-state index contributed by atoms with van der Waals surface area (Å²) in [7, 11) is 3.81. The van der Waals surface area contributed by atoms with Crippen LogP contribution < -0.4 is 10.1 Å². The fraction of sp³-hybridized carbons (Fsp3) is 0.444.